The molecule has 0 spiro atoms. The summed E-state index contributed by atoms with van der Waals surface area (Å²) in [6, 6.07) is 9.48. The maximum Gasteiger partial charge on any atom is 0.166 e. The number of carbonyl (C=O) groups is 2. The van der Waals surface area contributed by atoms with Crippen LogP contribution in [0.3, 0.4) is 0 Å². The summed E-state index contributed by atoms with van der Waals surface area (Å²) in [7, 11) is 0. The van der Waals surface area contributed by atoms with Gasteiger partial charge in [0.25, 0.3) is 0 Å². The largest absolute Gasteiger partial charge is 0.294 e. The number of carbonyl (C=O) groups excluding carboxylic acids is 2. The second kappa shape index (κ2) is 4.22. The molecule has 76 valence electrons. The summed E-state index contributed by atoms with van der Waals surface area (Å²) in [5, 5.41) is 0. The average molecular weight is 200 g/mol. The van der Waals surface area contributed by atoms with Crippen LogP contribution in [0.4, 0.5) is 0 Å². The van der Waals surface area contributed by atoms with E-state index >= 15 is 0 Å². The Hall–Kier alpha value is -1.70. The zero-order chi connectivity index (χ0) is 10.7. The Morgan fingerprint density at radius 3 is 2.13 bits per heavy atom. The molecule has 0 aliphatic heterocycles. The highest BCUT2D eigenvalue weighted by Gasteiger charge is 2.22. The summed E-state index contributed by atoms with van der Waals surface area (Å²) in [6.45, 7) is 0. The summed E-state index contributed by atoms with van der Waals surface area (Å²) in [5.41, 5.74) is 1.28. The topological polar surface area (TPSA) is 34.1 Å². The molecule has 0 N–H and O–H groups in total. The Morgan fingerprint density at radius 1 is 0.933 bits per heavy atom. The molecule has 15 heavy (non-hydrogen) atoms. The lowest BCUT2D eigenvalue weighted by molar-refractivity contribution is -0.123. The fraction of sp³-hybridized carbons (Fsp3) is 0.231. The predicted octanol–water partition coefficient (Wildman–Crippen LogP) is 2.39. The van der Waals surface area contributed by atoms with Crippen molar-refractivity contribution >= 4 is 17.6 Å². The lowest BCUT2D eigenvalue weighted by atomic mass is 9.91. The summed E-state index contributed by atoms with van der Waals surface area (Å²) < 4.78 is 0. The van der Waals surface area contributed by atoms with Crippen molar-refractivity contribution in [3.63, 3.8) is 0 Å². The van der Waals surface area contributed by atoms with Gasteiger partial charge in [-0.25, -0.2) is 0 Å². The normalized spacial score (nSPS) is 16.7. The molecule has 0 unspecified atom stereocenters. The second-order valence-electron chi connectivity index (χ2n) is 3.67. The van der Waals surface area contributed by atoms with Crippen LogP contribution < -0.4 is 0 Å². The second-order valence-corrected chi connectivity index (χ2v) is 3.67. The van der Waals surface area contributed by atoms with Gasteiger partial charge in [0.2, 0.25) is 0 Å². The van der Waals surface area contributed by atoms with E-state index in [9.17, 15) is 9.59 Å². The molecule has 0 heterocycles. The lowest BCUT2D eigenvalue weighted by Crippen LogP contribution is -2.18. The van der Waals surface area contributed by atoms with Gasteiger partial charge in [-0.05, 0) is 18.1 Å². The molecule has 0 bridgehead atoms. The van der Waals surface area contributed by atoms with Crippen molar-refractivity contribution in [1.29, 1.82) is 0 Å². The molecule has 0 amide bonds. The molecule has 1 fully saturated rings. The van der Waals surface area contributed by atoms with E-state index in [1.807, 2.05) is 30.3 Å². The molecule has 0 saturated heterocycles. The Labute approximate surface area is 88.6 Å². The zero-order valence-electron chi connectivity index (χ0n) is 8.40. The quantitative estimate of drug-likeness (QED) is 0.515. The lowest BCUT2D eigenvalue weighted by Gasteiger charge is -2.11. The number of benzene rings is 1. The first kappa shape index (κ1) is 9.84. The molecular formula is C13H12O2. The maximum atomic E-state index is 11.5. The van der Waals surface area contributed by atoms with Gasteiger partial charge in [-0.2, -0.15) is 0 Å². The molecule has 0 atom stereocenters. The van der Waals surface area contributed by atoms with Crippen LogP contribution >= 0.6 is 0 Å². The van der Waals surface area contributed by atoms with Gasteiger partial charge in [-0.1, -0.05) is 30.3 Å². The molecule has 0 radical (unpaired) electrons. The first-order chi connectivity index (χ1) is 7.27. The molecule has 1 aliphatic carbocycles. The van der Waals surface area contributed by atoms with E-state index in [-0.39, 0.29) is 11.6 Å². The number of hydrogen-bond acceptors (Lipinski definition) is 2. The van der Waals surface area contributed by atoms with Gasteiger partial charge in [-0.3, -0.25) is 9.59 Å². The fourth-order valence-corrected chi connectivity index (χ4v) is 1.71. The molecule has 1 aliphatic rings. The Balaban J connectivity index is 2.32. The average Bonchev–Trinajstić information content (AvgIpc) is 2.25. The van der Waals surface area contributed by atoms with E-state index in [1.165, 1.54) is 0 Å². The van der Waals surface area contributed by atoms with E-state index < -0.39 is 0 Å². The summed E-state index contributed by atoms with van der Waals surface area (Å²) >= 11 is 0. The smallest absolute Gasteiger partial charge is 0.166 e. The molecular weight excluding hydrogens is 188 g/mol. The third-order valence-corrected chi connectivity index (χ3v) is 2.52. The summed E-state index contributed by atoms with van der Waals surface area (Å²) in [6.07, 6.45) is 3.41. The Kier molecular flexibility index (Phi) is 2.77. The van der Waals surface area contributed by atoms with Crippen LogP contribution in [0.5, 0.6) is 0 Å². The molecule has 2 heteroatoms. The molecule has 0 aromatic heterocycles. The van der Waals surface area contributed by atoms with Crippen molar-refractivity contribution in [1.82, 2.24) is 0 Å². The standard InChI is InChI=1S/C13H12O2/c14-12-7-4-8-13(15)11(12)9-10-5-2-1-3-6-10/h1-3,5-6,9H,4,7-8H2. The Morgan fingerprint density at radius 2 is 1.53 bits per heavy atom. The van der Waals surface area contributed by atoms with Gasteiger partial charge in [0.15, 0.2) is 11.6 Å². The minimum atomic E-state index is -0.0184. The summed E-state index contributed by atoms with van der Waals surface area (Å²) in [5.74, 6) is -0.0368. The fourth-order valence-electron chi connectivity index (χ4n) is 1.71. The number of rotatable bonds is 1. The molecule has 1 saturated carbocycles. The van der Waals surface area contributed by atoms with Gasteiger partial charge in [-0.15, -0.1) is 0 Å². The Bertz CT molecular complexity index is 397. The van der Waals surface area contributed by atoms with Crippen molar-refractivity contribution in [3.05, 3.63) is 41.5 Å². The first-order valence-corrected chi connectivity index (χ1v) is 5.10. The van der Waals surface area contributed by atoms with Gasteiger partial charge in [0.05, 0.1) is 5.57 Å². The van der Waals surface area contributed by atoms with E-state index in [4.69, 9.17) is 0 Å². The van der Waals surface area contributed by atoms with E-state index in [0.29, 0.717) is 24.8 Å². The van der Waals surface area contributed by atoms with Crippen LogP contribution in [0, 0.1) is 0 Å². The predicted molar refractivity (Wildman–Crippen MR) is 58.3 cm³/mol. The van der Waals surface area contributed by atoms with Crippen molar-refractivity contribution in [3.8, 4) is 0 Å². The SMILES string of the molecule is O=C1CCCC(=O)C1=Cc1ccccc1. The minimum absolute atomic E-state index is 0.0184. The van der Waals surface area contributed by atoms with E-state index in [1.54, 1.807) is 6.08 Å². The molecule has 2 nitrogen and oxygen atoms in total. The third kappa shape index (κ3) is 2.21. The van der Waals surface area contributed by atoms with Crippen LogP contribution in [-0.2, 0) is 9.59 Å². The van der Waals surface area contributed by atoms with Gasteiger partial charge >= 0.3 is 0 Å². The van der Waals surface area contributed by atoms with E-state index in [2.05, 4.69) is 0 Å². The van der Waals surface area contributed by atoms with Crippen LogP contribution in [0.25, 0.3) is 6.08 Å². The van der Waals surface area contributed by atoms with Gasteiger partial charge in [0, 0.05) is 12.8 Å². The van der Waals surface area contributed by atoms with Crippen molar-refractivity contribution < 1.29 is 9.59 Å². The molecule has 1 aromatic rings. The highest BCUT2D eigenvalue weighted by atomic mass is 16.1. The number of Topliss-reactive ketones (excluding diaryl/α,β-unsaturated/α-hetero) is 2. The number of hydrogen-bond donors (Lipinski definition) is 0. The van der Waals surface area contributed by atoms with Crippen LogP contribution in [0.15, 0.2) is 35.9 Å². The van der Waals surface area contributed by atoms with Gasteiger partial charge < -0.3 is 0 Å². The van der Waals surface area contributed by atoms with E-state index in [0.717, 1.165) is 5.56 Å². The van der Waals surface area contributed by atoms with Crippen molar-refractivity contribution in [2.45, 2.75) is 19.3 Å². The van der Waals surface area contributed by atoms with Crippen LogP contribution in [0.2, 0.25) is 0 Å². The highest BCUT2D eigenvalue weighted by Crippen LogP contribution is 2.19. The minimum Gasteiger partial charge on any atom is -0.294 e. The van der Waals surface area contributed by atoms with Crippen LogP contribution in [-0.4, -0.2) is 11.6 Å². The van der Waals surface area contributed by atoms with Crippen LogP contribution in [0.1, 0.15) is 24.8 Å². The van der Waals surface area contributed by atoms with Gasteiger partial charge in [0.1, 0.15) is 0 Å². The number of allylic oxidation sites excluding steroid dienone is 1. The third-order valence-electron chi connectivity index (χ3n) is 2.52. The zero-order valence-corrected chi connectivity index (χ0v) is 8.40. The summed E-state index contributed by atoms with van der Waals surface area (Å²) in [4.78, 5) is 23.0. The first-order valence-electron chi connectivity index (χ1n) is 5.10. The highest BCUT2D eigenvalue weighted by molar-refractivity contribution is 6.24. The molecule has 1 aromatic carbocycles. The van der Waals surface area contributed by atoms with Crippen molar-refractivity contribution in [2.75, 3.05) is 0 Å². The number of ketones is 2. The van der Waals surface area contributed by atoms with Crippen molar-refractivity contribution in [2.24, 2.45) is 0 Å². The monoisotopic (exact) mass is 200 g/mol. The molecule has 2 rings (SSSR count). The maximum absolute atomic E-state index is 11.5.